The summed E-state index contributed by atoms with van der Waals surface area (Å²) in [7, 11) is 1.81. The number of anilines is 1. The van der Waals surface area contributed by atoms with Crippen molar-refractivity contribution in [2.24, 2.45) is 7.05 Å². The zero-order chi connectivity index (χ0) is 26.3. The molecule has 0 amide bonds. The van der Waals surface area contributed by atoms with Gasteiger partial charge in [-0.05, 0) is 32.0 Å². The Kier molecular flexibility index (Phi) is 6.32. The number of hydrogen-bond acceptors (Lipinski definition) is 8. The molecule has 3 aromatic heterocycles. The third kappa shape index (κ3) is 5.12. The van der Waals surface area contributed by atoms with Gasteiger partial charge in [0.2, 0.25) is 5.78 Å². The summed E-state index contributed by atoms with van der Waals surface area (Å²) >= 11 is 0. The molecule has 1 aliphatic rings. The smallest absolute Gasteiger partial charge is 0.212 e. The first-order valence-electron chi connectivity index (χ1n) is 11.9. The predicted octanol–water partition coefficient (Wildman–Crippen LogP) is 3.70. The van der Waals surface area contributed by atoms with Crippen LogP contribution in [0.2, 0.25) is 0 Å². The minimum Gasteiger partial charge on any atom is -0.487 e. The number of ketones is 1. The maximum Gasteiger partial charge on any atom is 0.212 e. The fraction of sp³-hybridized carbons (Fsp3) is 0.346. The van der Waals surface area contributed by atoms with Crippen LogP contribution in [0.25, 0.3) is 22.3 Å². The van der Waals surface area contributed by atoms with Gasteiger partial charge in [-0.15, -0.1) is 0 Å². The van der Waals surface area contributed by atoms with E-state index in [0.29, 0.717) is 48.5 Å². The van der Waals surface area contributed by atoms with Crippen molar-refractivity contribution in [1.29, 1.82) is 0 Å². The molecule has 192 valence electrons. The van der Waals surface area contributed by atoms with Gasteiger partial charge in [-0.25, -0.2) is 18.7 Å². The SMILES string of the molecule is Cn1cc(-c2nc3cnc(C(=O)C(C)(C)O)cc3nc2N2CCC(Oc3ccc(F)cc3F)CC2)cn1. The van der Waals surface area contributed by atoms with E-state index < -0.39 is 23.0 Å². The Labute approximate surface area is 211 Å². The summed E-state index contributed by atoms with van der Waals surface area (Å²) in [5, 5.41) is 14.4. The van der Waals surface area contributed by atoms with E-state index in [1.165, 1.54) is 38.2 Å². The number of hydrogen-bond donors (Lipinski definition) is 1. The molecule has 0 radical (unpaired) electrons. The standard InChI is InChI=1S/C26H26F2N6O3/c1-26(2,36)24(35)20-11-19-21(13-29-20)31-23(15-12-30-33(3)14-15)25(32-19)34-8-6-17(7-9-34)37-22-5-4-16(27)10-18(22)28/h4-5,10-14,17,36H,6-9H2,1-3H3. The number of aliphatic hydroxyl groups is 1. The predicted molar refractivity (Wildman–Crippen MR) is 132 cm³/mol. The van der Waals surface area contributed by atoms with Crippen LogP contribution in [0.3, 0.4) is 0 Å². The number of pyridine rings is 1. The molecule has 1 aromatic carbocycles. The number of aryl methyl sites for hydroxylation is 1. The topological polar surface area (TPSA) is 106 Å². The van der Waals surface area contributed by atoms with E-state index in [1.807, 2.05) is 13.2 Å². The van der Waals surface area contributed by atoms with E-state index >= 15 is 0 Å². The van der Waals surface area contributed by atoms with Crippen LogP contribution in [-0.4, -0.2) is 60.4 Å². The minimum absolute atomic E-state index is 0.0258. The van der Waals surface area contributed by atoms with E-state index in [4.69, 9.17) is 14.7 Å². The maximum absolute atomic E-state index is 14.1. The first-order valence-corrected chi connectivity index (χ1v) is 11.9. The number of aromatic nitrogens is 5. The Balaban J connectivity index is 1.45. The van der Waals surface area contributed by atoms with Crippen LogP contribution in [0.4, 0.5) is 14.6 Å². The van der Waals surface area contributed by atoms with Gasteiger partial charge in [0.15, 0.2) is 17.4 Å². The number of carbonyl (C=O) groups excluding carboxylic acids is 1. The second-order valence-corrected chi connectivity index (χ2v) is 9.62. The second kappa shape index (κ2) is 9.47. The molecule has 9 nitrogen and oxygen atoms in total. The Morgan fingerprint density at radius 3 is 2.51 bits per heavy atom. The monoisotopic (exact) mass is 508 g/mol. The molecule has 1 aliphatic heterocycles. The first kappa shape index (κ1) is 24.7. The Hall–Kier alpha value is -3.99. The van der Waals surface area contributed by atoms with Gasteiger partial charge in [0, 0.05) is 50.8 Å². The molecule has 0 saturated carbocycles. The Morgan fingerprint density at radius 1 is 1.11 bits per heavy atom. The summed E-state index contributed by atoms with van der Waals surface area (Å²) < 4.78 is 34.8. The van der Waals surface area contributed by atoms with Crippen LogP contribution in [0.1, 0.15) is 37.2 Å². The van der Waals surface area contributed by atoms with E-state index in [9.17, 15) is 18.7 Å². The maximum atomic E-state index is 14.1. The van der Waals surface area contributed by atoms with Crippen molar-refractivity contribution in [3.05, 3.63) is 60.2 Å². The fourth-order valence-electron chi connectivity index (χ4n) is 4.28. The summed E-state index contributed by atoms with van der Waals surface area (Å²) in [4.78, 5) is 28.5. The van der Waals surface area contributed by atoms with Crippen LogP contribution in [0, 0.1) is 11.6 Å². The van der Waals surface area contributed by atoms with Crippen LogP contribution in [-0.2, 0) is 7.05 Å². The zero-order valence-electron chi connectivity index (χ0n) is 20.7. The highest BCUT2D eigenvalue weighted by molar-refractivity contribution is 6.02. The summed E-state index contributed by atoms with van der Waals surface area (Å²) in [6.45, 7) is 3.94. The van der Waals surface area contributed by atoms with E-state index in [-0.39, 0.29) is 17.5 Å². The third-order valence-electron chi connectivity index (χ3n) is 6.23. The third-order valence-corrected chi connectivity index (χ3v) is 6.23. The van der Waals surface area contributed by atoms with E-state index in [2.05, 4.69) is 15.0 Å². The number of fused-ring (bicyclic) bond motifs is 1. The van der Waals surface area contributed by atoms with Crippen molar-refractivity contribution < 1.29 is 23.4 Å². The molecule has 5 rings (SSSR count). The number of benzene rings is 1. The van der Waals surface area contributed by atoms with Crippen molar-refractivity contribution in [1.82, 2.24) is 24.7 Å². The first-order chi connectivity index (χ1) is 17.6. The van der Waals surface area contributed by atoms with Crippen molar-refractivity contribution in [3.8, 4) is 17.0 Å². The summed E-state index contributed by atoms with van der Waals surface area (Å²) in [5.41, 5.74) is 0.890. The van der Waals surface area contributed by atoms with Gasteiger partial charge in [-0.3, -0.25) is 14.5 Å². The lowest BCUT2D eigenvalue weighted by molar-refractivity contribution is 0.0482. The average molecular weight is 509 g/mol. The Morgan fingerprint density at radius 2 is 1.86 bits per heavy atom. The number of piperidine rings is 1. The van der Waals surface area contributed by atoms with Gasteiger partial charge in [0.1, 0.15) is 34.4 Å². The zero-order valence-corrected chi connectivity index (χ0v) is 20.7. The molecule has 4 heterocycles. The number of ether oxygens (including phenoxy) is 1. The summed E-state index contributed by atoms with van der Waals surface area (Å²) in [5.74, 6) is -1.26. The average Bonchev–Trinajstić information content (AvgIpc) is 3.30. The van der Waals surface area contributed by atoms with Crippen LogP contribution >= 0.6 is 0 Å². The number of rotatable bonds is 6. The lowest BCUT2D eigenvalue weighted by Crippen LogP contribution is -2.39. The van der Waals surface area contributed by atoms with Gasteiger partial charge in [-0.1, -0.05) is 0 Å². The lowest BCUT2D eigenvalue weighted by atomic mass is 10.0. The molecule has 1 saturated heterocycles. The Bertz CT molecular complexity index is 1480. The van der Waals surface area contributed by atoms with Crippen molar-refractivity contribution in [2.45, 2.75) is 38.4 Å². The second-order valence-electron chi connectivity index (χ2n) is 9.62. The van der Waals surface area contributed by atoms with Gasteiger partial charge in [-0.2, -0.15) is 5.10 Å². The quantitative estimate of drug-likeness (QED) is 0.393. The molecule has 11 heteroatoms. The number of halogens is 2. The van der Waals surface area contributed by atoms with Gasteiger partial charge >= 0.3 is 0 Å². The fourth-order valence-corrected chi connectivity index (χ4v) is 4.28. The summed E-state index contributed by atoms with van der Waals surface area (Å²) in [6, 6.07) is 4.81. The normalized spacial score (nSPS) is 14.8. The number of Topliss-reactive ketones (excluding diaryl/α,β-unsaturated/α-hetero) is 1. The molecule has 0 spiro atoms. The molecule has 4 aromatic rings. The van der Waals surface area contributed by atoms with Crippen molar-refractivity contribution >= 4 is 22.6 Å². The van der Waals surface area contributed by atoms with E-state index in [1.54, 1.807) is 10.9 Å². The lowest BCUT2D eigenvalue weighted by Gasteiger charge is -2.33. The summed E-state index contributed by atoms with van der Waals surface area (Å²) in [6.07, 6.45) is 5.94. The largest absolute Gasteiger partial charge is 0.487 e. The highest BCUT2D eigenvalue weighted by Crippen LogP contribution is 2.32. The molecule has 37 heavy (non-hydrogen) atoms. The molecule has 0 bridgehead atoms. The van der Waals surface area contributed by atoms with Gasteiger partial charge < -0.3 is 14.7 Å². The van der Waals surface area contributed by atoms with Crippen LogP contribution in [0.5, 0.6) is 5.75 Å². The highest BCUT2D eigenvalue weighted by Gasteiger charge is 2.29. The molecule has 1 N–H and O–H groups in total. The van der Waals surface area contributed by atoms with Crippen LogP contribution < -0.4 is 9.64 Å². The molecule has 1 fully saturated rings. The number of nitrogens with zero attached hydrogens (tertiary/aromatic N) is 6. The molecule has 0 aliphatic carbocycles. The number of carbonyl (C=O) groups is 1. The van der Waals surface area contributed by atoms with Crippen molar-refractivity contribution in [3.63, 3.8) is 0 Å². The van der Waals surface area contributed by atoms with E-state index in [0.717, 1.165) is 11.6 Å². The molecule has 0 unspecified atom stereocenters. The molecular formula is C26H26F2N6O3. The van der Waals surface area contributed by atoms with Gasteiger partial charge in [0.25, 0.3) is 0 Å². The van der Waals surface area contributed by atoms with Crippen molar-refractivity contribution in [2.75, 3.05) is 18.0 Å². The minimum atomic E-state index is -1.57. The van der Waals surface area contributed by atoms with Gasteiger partial charge in [0.05, 0.1) is 17.9 Å². The van der Waals surface area contributed by atoms with Crippen LogP contribution in [0.15, 0.2) is 42.9 Å². The highest BCUT2D eigenvalue weighted by atomic mass is 19.1. The molecular weight excluding hydrogens is 482 g/mol. The molecule has 0 atom stereocenters.